The van der Waals surface area contributed by atoms with Crippen LogP contribution in [0.4, 0.5) is 5.00 Å². The molecule has 2 aromatic heterocycles. The van der Waals surface area contributed by atoms with E-state index < -0.39 is 4.92 Å². The first-order chi connectivity index (χ1) is 6.20. The van der Waals surface area contributed by atoms with Gasteiger partial charge in [0.25, 0.3) is 0 Å². The highest BCUT2D eigenvalue weighted by Gasteiger charge is 2.13. The zero-order valence-corrected chi connectivity index (χ0v) is 7.82. The lowest BCUT2D eigenvalue weighted by Crippen LogP contribution is -1.80. The molecule has 0 unspecified atom stereocenters. The molecule has 0 aliphatic rings. The van der Waals surface area contributed by atoms with E-state index in [1.54, 1.807) is 6.07 Å². The van der Waals surface area contributed by atoms with Crippen LogP contribution < -0.4 is 0 Å². The van der Waals surface area contributed by atoms with Crippen LogP contribution in [-0.4, -0.2) is 4.92 Å². The molecular formula is C7H2N2O2S2. The van der Waals surface area contributed by atoms with Gasteiger partial charge in [-0.1, -0.05) is 11.3 Å². The third-order valence-electron chi connectivity index (χ3n) is 1.48. The summed E-state index contributed by atoms with van der Waals surface area (Å²) < 4.78 is 1.63. The molecule has 2 rings (SSSR count). The molecule has 64 valence electrons. The fourth-order valence-electron chi connectivity index (χ4n) is 0.968. The van der Waals surface area contributed by atoms with Crippen molar-refractivity contribution in [2.24, 2.45) is 0 Å². The molecule has 2 aromatic rings. The Morgan fingerprint density at radius 3 is 2.62 bits per heavy atom. The molecule has 0 N–H and O–H groups in total. The van der Waals surface area contributed by atoms with Crippen molar-refractivity contribution < 1.29 is 4.92 Å². The molecule has 0 amide bonds. The molecule has 6 heteroatoms. The summed E-state index contributed by atoms with van der Waals surface area (Å²) in [6.45, 7) is 0. The Balaban J connectivity index is 2.62. The third-order valence-corrected chi connectivity index (χ3v) is 3.63. The first-order valence-corrected chi connectivity index (χ1v) is 4.92. The average Bonchev–Trinajstić information content (AvgIpc) is 2.58. The fraction of sp³-hybridized carbons (Fsp3) is 0. The molecule has 0 aliphatic carbocycles. The maximum atomic E-state index is 10.4. The second-order valence-corrected chi connectivity index (χ2v) is 4.44. The van der Waals surface area contributed by atoms with Crippen LogP contribution in [-0.2, 0) is 0 Å². The second-order valence-electron chi connectivity index (χ2n) is 2.29. The number of fused-ring (bicyclic) bond motifs is 1. The van der Waals surface area contributed by atoms with E-state index in [0.717, 1.165) is 20.7 Å². The van der Waals surface area contributed by atoms with Gasteiger partial charge in [0.15, 0.2) is 0 Å². The molecule has 13 heavy (non-hydrogen) atoms. The number of rotatable bonds is 1. The van der Waals surface area contributed by atoms with Crippen molar-refractivity contribution in [3.8, 4) is 6.07 Å². The first kappa shape index (κ1) is 8.16. The van der Waals surface area contributed by atoms with Crippen LogP contribution in [0.3, 0.4) is 0 Å². The third kappa shape index (κ3) is 1.28. The zero-order chi connectivity index (χ0) is 9.42. The SMILES string of the molecule is N#Cc1cc2sc([N+](=O)[O-])cc2s1. The summed E-state index contributed by atoms with van der Waals surface area (Å²) in [5.41, 5.74) is 0. The predicted octanol–water partition coefficient (Wildman–Crippen LogP) is 2.74. The number of nitriles is 1. The van der Waals surface area contributed by atoms with E-state index in [-0.39, 0.29) is 5.00 Å². The monoisotopic (exact) mass is 210 g/mol. The van der Waals surface area contributed by atoms with Crippen molar-refractivity contribution in [3.05, 3.63) is 27.1 Å². The Hall–Kier alpha value is -1.45. The predicted molar refractivity (Wildman–Crippen MR) is 51.1 cm³/mol. The average molecular weight is 210 g/mol. The van der Waals surface area contributed by atoms with E-state index >= 15 is 0 Å². The maximum absolute atomic E-state index is 10.4. The maximum Gasteiger partial charge on any atom is 0.326 e. The van der Waals surface area contributed by atoms with E-state index in [2.05, 4.69) is 0 Å². The number of nitro groups is 1. The Morgan fingerprint density at radius 1 is 1.38 bits per heavy atom. The van der Waals surface area contributed by atoms with Gasteiger partial charge in [-0.05, 0) is 6.07 Å². The van der Waals surface area contributed by atoms with E-state index in [1.807, 2.05) is 6.07 Å². The van der Waals surface area contributed by atoms with Crippen molar-refractivity contribution >= 4 is 37.1 Å². The van der Waals surface area contributed by atoms with Crippen LogP contribution in [0.2, 0.25) is 0 Å². The van der Waals surface area contributed by atoms with Gasteiger partial charge in [0, 0.05) is 6.07 Å². The van der Waals surface area contributed by atoms with Gasteiger partial charge in [0.1, 0.15) is 10.9 Å². The quantitative estimate of drug-likeness (QED) is 0.536. The van der Waals surface area contributed by atoms with Crippen LogP contribution in [0.15, 0.2) is 12.1 Å². The first-order valence-electron chi connectivity index (χ1n) is 3.28. The fourth-order valence-corrected chi connectivity index (χ4v) is 2.97. The minimum Gasteiger partial charge on any atom is -0.258 e. The highest BCUT2D eigenvalue weighted by Crippen LogP contribution is 2.36. The van der Waals surface area contributed by atoms with Crippen LogP contribution in [0.1, 0.15) is 4.88 Å². The smallest absolute Gasteiger partial charge is 0.258 e. The molecule has 0 radical (unpaired) electrons. The molecule has 0 spiro atoms. The van der Waals surface area contributed by atoms with Crippen LogP contribution in [0, 0.1) is 21.4 Å². The second kappa shape index (κ2) is 2.80. The van der Waals surface area contributed by atoms with E-state index in [1.165, 1.54) is 17.4 Å². The van der Waals surface area contributed by atoms with Gasteiger partial charge in [-0.3, -0.25) is 10.1 Å². The van der Waals surface area contributed by atoms with Gasteiger partial charge in [-0.25, -0.2) is 0 Å². The molecule has 0 saturated heterocycles. The summed E-state index contributed by atoms with van der Waals surface area (Å²) in [5, 5.41) is 19.1. The van der Waals surface area contributed by atoms with Crippen molar-refractivity contribution in [1.29, 1.82) is 5.26 Å². The summed E-state index contributed by atoms with van der Waals surface area (Å²) in [6.07, 6.45) is 0. The van der Waals surface area contributed by atoms with Crippen LogP contribution >= 0.6 is 22.7 Å². The lowest BCUT2D eigenvalue weighted by molar-refractivity contribution is -0.380. The zero-order valence-electron chi connectivity index (χ0n) is 6.18. The van der Waals surface area contributed by atoms with Crippen molar-refractivity contribution in [3.63, 3.8) is 0 Å². The van der Waals surface area contributed by atoms with Gasteiger partial charge in [-0.15, -0.1) is 11.3 Å². The minimum absolute atomic E-state index is 0.130. The topological polar surface area (TPSA) is 66.9 Å². The van der Waals surface area contributed by atoms with Gasteiger partial charge in [-0.2, -0.15) is 5.26 Å². The Bertz CT molecular complexity index is 489. The Kier molecular flexibility index (Phi) is 1.76. The number of thiophene rings is 2. The Morgan fingerprint density at radius 2 is 2.08 bits per heavy atom. The molecule has 0 saturated carbocycles. The molecule has 0 fully saturated rings. The summed E-state index contributed by atoms with van der Waals surface area (Å²) in [6, 6.07) is 5.19. The van der Waals surface area contributed by atoms with Crippen molar-refractivity contribution in [2.45, 2.75) is 0 Å². The highest BCUT2D eigenvalue weighted by molar-refractivity contribution is 7.29. The largest absolute Gasteiger partial charge is 0.326 e. The Labute approximate surface area is 80.8 Å². The number of hydrogen-bond donors (Lipinski definition) is 0. The molecule has 0 bridgehead atoms. The summed E-state index contributed by atoms with van der Waals surface area (Å²) in [4.78, 5) is 10.6. The lowest BCUT2D eigenvalue weighted by atomic mass is 10.4. The minimum atomic E-state index is -0.413. The lowest BCUT2D eigenvalue weighted by Gasteiger charge is -1.78. The molecule has 0 aliphatic heterocycles. The van der Waals surface area contributed by atoms with Gasteiger partial charge in [0.05, 0.1) is 14.3 Å². The van der Waals surface area contributed by atoms with Crippen molar-refractivity contribution in [1.82, 2.24) is 0 Å². The molecule has 2 heterocycles. The number of nitrogens with zero attached hydrogens (tertiary/aromatic N) is 2. The molecule has 0 atom stereocenters. The molecule has 4 nitrogen and oxygen atoms in total. The number of hydrogen-bond acceptors (Lipinski definition) is 5. The summed E-state index contributed by atoms with van der Waals surface area (Å²) in [5.74, 6) is 0. The van der Waals surface area contributed by atoms with E-state index in [9.17, 15) is 10.1 Å². The highest BCUT2D eigenvalue weighted by atomic mass is 32.1. The van der Waals surface area contributed by atoms with Crippen molar-refractivity contribution in [2.75, 3.05) is 0 Å². The molecule has 0 aromatic carbocycles. The molecular weight excluding hydrogens is 208 g/mol. The normalized spacial score (nSPS) is 10.1. The standard InChI is InChI=1S/C7H2N2O2S2/c8-3-4-1-5-6(12-4)2-7(13-5)9(10)11/h1-2H. The van der Waals surface area contributed by atoms with Gasteiger partial charge < -0.3 is 0 Å². The van der Waals surface area contributed by atoms with Crippen LogP contribution in [0.5, 0.6) is 0 Å². The summed E-state index contributed by atoms with van der Waals surface area (Å²) >= 11 is 2.38. The van der Waals surface area contributed by atoms with Crippen LogP contribution in [0.25, 0.3) is 9.40 Å². The summed E-state index contributed by atoms with van der Waals surface area (Å²) in [7, 11) is 0. The van der Waals surface area contributed by atoms with Gasteiger partial charge in [0.2, 0.25) is 0 Å². The van der Waals surface area contributed by atoms with E-state index in [0.29, 0.717) is 4.88 Å². The van der Waals surface area contributed by atoms with Gasteiger partial charge >= 0.3 is 5.00 Å². The van der Waals surface area contributed by atoms with E-state index in [4.69, 9.17) is 5.26 Å².